The summed E-state index contributed by atoms with van der Waals surface area (Å²) < 4.78 is 0. The minimum atomic E-state index is 0.958. The molecule has 2 N–H and O–H groups in total. The summed E-state index contributed by atoms with van der Waals surface area (Å²) in [7, 11) is 1.00. The Labute approximate surface area is 43.1 Å². The molecule has 0 amide bonds. The topological polar surface area (TPSA) is 44.6 Å². The van der Waals surface area contributed by atoms with Gasteiger partial charge in [0.2, 0.25) is 0 Å². The summed E-state index contributed by atoms with van der Waals surface area (Å²) in [6.07, 6.45) is 1.74. The molecule has 0 radical (unpaired) electrons. The molecule has 0 unspecified atom stereocenters. The van der Waals surface area contributed by atoms with Gasteiger partial charge in [0.15, 0.2) is 0 Å². The van der Waals surface area contributed by atoms with Crippen LogP contribution < -0.4 is 5.32 Å². The SMILES string of the molecule is C1=NCCN1.CO. The summed E-state index contributed by atoms with van der Waals surface area (Å²) in [4.78, 5) is 3.85. The number of rotatable bonds is 0. The van der Waals surface area contributed by atoms with E-state index in [1.807, 2.05) is 0 Å². The van der Waals surface area contributed by atoms with E-state index >= 15 is 0 Å². The van der Waals surface area contributed by atoms with Gasteiger partial charge in [-0.2, -0.15) is 0 Å². The second kappa shape index (κ2) is 5.43. The first-order chi connectivity index (χ1) is 3.50. The quantitative estimate of drug-likeness (QED) is 0.421. The highest BCUT2D eigenvalue weighted by atomic mass is 16.2. The molecule has 0 atom stereocenters. The van der Waals surface area contributed by atoms with Crippen molar-refractivity contribution in [3.63, 3.8) is 0 Å². The normalized spacial score (nSPS) is 14.6. The third-order valence-corrected chi connectivity index (χ3v) is 0.568. The van der Waals surface area contributed by atoms with Gasteiger partial charge in [-0.25, -0.2) is 0 Å². The van der Waals surface area contributed by atoms with Crippen LogP contribution in [-0.4, -0.2) is 31.6 Å². The van der Waals surface area contributed by atoms with Crippen LogP contribution >= 0.6 is 0 Å². The lowest BCUT2D eigenvalue weighted by Gasteiger charge is -1.75. The number of hydrogen-bond donors (Lipinski definition) is 2. The second-order valence-electron chi connectivity index (χ2n) is 0.989. The minimum absolute atomic E-state index is 0.958. The van der Waals surface area contributed by atoms with E-state index in [2.05, 4.69) is 10.3 Å². The van der Waals surface area contributed by atoms with E-state index in [-0.39, 0.29) is 0 Å². The highest BCUT2D eigenvalue weighted by Crippen LogP contribution is 1.68. The van der Waals surface area contributed by atoms with Gasteiger partial charge < -0.3 is 10.4 Å². The average Bonchev–Trinajstić information content (AvgIpc) is 2.23. The molecule has 0 aliphatic carbocycles. The maximum atomic E-state index is 7.00. The number of aliphatic hydroxyl groups is 1. The van der Waals surface area contributed by atoms with E-state index < -0.39 is 0 Å². The fraction of sp³-hybridized carbons (Fsp3) is 0.750. The third-order valence-electron chi connectivity index (χ3n) is 0.568. The van der Waals surface area contributed by atoms with Crippen molar-refractivity contribution < 1.29 is 5.11 Å². The summed E-state index contributed by atoms with van der Waals surface area (Å²) in [6, 6.07) is 0. The second-order valence-corrected chi connectivity index (χ2v) is 0.989. The fourth-order valence-electron chi connectivity index (χ4n) is 0.323. The molecule has 0 aromatic rings. The molecule has 1 aliphatic rings. The molecular formula is C4H10N2O. The van der Waals surface area contributed by atoms with Crippen molar-refractivity contribution in [1.29, 1.82) is 0 Å². The Morgan fingerprint density at radius 2 is 2.43 bits per heavy atom. The van der Waals surface area contributed by atoms with E-state index in [4.69, 9.17) is 5.11 Å². The van der Waals surface area contributed by atoms with Gasteiger partial charge in [-0.15, -0.1) is 0 Å². The molecule has 0 saturated heterocycles. The standard InChI is InChI=1S/C3H6N2.CH4O/c1-2-5-3-4-1;1-2/h3H,1-2H2,(H,4,5);2H,1H3. The minimum Gasteiger partial charge on any atom is -0.400 e. The molecule has 3 nitrogen and oxygen atoms in total. The van der Waals surface area contributed by atoms with E-state index in [1.165, 1.54) is 0 Å². The van der Waals surface area contributed by atoms with Crippen molar-refractivity contribution >= 4 is 6.34 Å². The molecule has 1 aliphatic heterocycles. The van der Waals surface area contributed by atoms with Crippen molar-refractivity contribution in [2.24, 2.45) is 4.99 Å². The van der Waals surface area contributed by atoms with Gasteiger partial charge in [-0.1, -0.05) is 0 Å². The Hall–Kier alpha value is -0.570. The Morgan fingerprint density at radius 1 is 1.71 bits per heavy atom. The molecular weight excluding hydrogens is 92.1 g/mol. The lowest BCUT2D eigenvalue weighted by Crippen LogP contribution is -2.04. The lowest BCUT2D eigenvalue weighted by atomic mass is 10.7. The van der Waals surface area contributed by atoms with Crippen molar-refractivity contribution in [3.05, 3.63) is 0 Å². The molecule has 3 heteroatoms. The molecule has 0 spiro atoms. The van der Waals surface area contributed by atoms with Crippen LogP contribution in [0.4, 0.5) is 0 Å². The molecule has 0 aromatic carbocycles. The Morgan fingerprint density at radius 3 is 2.57 bits per heavy atom. The first kappa shape index (κ1) is 6.43. The number of nitrogens with zero attached hydrogens (tertiary/aromatic N) is 1. The highest BCUT2D eigenvalue weighted by Gasteiger charge is 1.82. The number of nitrogens with one attached hydrogen (secondary N) is 1. The van der Waals surface area contributed by atoms with Crippen molar-refractivity contribution in [3.8, 4) is 0 Å². The smallest absolute Gasteiger partial charge is 0.0825 e. The molecule has 0 bridgehead atoms. The van der Waals surface area contributed by atoms with Crippen LogP contribution in [-0.2, 0) is 0 Å². The van der Waals surface area contributed by atoms with Gasteiger partial charge in [0, 0.05) is 13.7 Å². The fourth-order valence-corrected chi connectivity index (χ4v) is 0.323. The Kier molecular flexibility index (Phi) is 4.99. The summed E-state index contributed by atoms with van der Waals surface area (Å²) in [5.41, 5.74) is 0. The van der Waals surface area contributed by atoms with E-state index in [0.29, 0.717) is 0 Å². The largest absolute Gasteiger partial charge is 0.400 e. The predicted octanol–water partition coefficient (Wildman–Crippen LogP) is -0.774. The first-order valence-electron chi connectivity index (χ1n) is 2.16. The predicted molar refractivity (Wildman–Crippen MR) is 29.5 cm³/mol. The molecule has 0 aromatic heterocycles. The maximum absolute atomic E-state index is 7.00. The number of aliphatic hydroxyl groups excluding tert-OH is 1. The molecule has 7 heavy (non-hydrogen) atoms. The van der Waals surface area contributed by atoms with Gasteiger partial charge >= 0.3 is 0 Å². The molecule has 42 valence electrons. The lowest BCUT2D eigenvalue weighted by molar-refractivity contribution is 0.399. The summed E-state index contributed by atoms with van der Waals surface area (Å²) in [6.45, 7) is 1.99. The summed E-state index contributed by atoms with van der Waals surface area (Å²) in [5.74, 6) is 0. The van der Waals surface area contributed by atoms with Crippen molar-refractivity contribution in [2.45, 2.75) is 0 Å². The molecule has 0 saturated carbocycles. The number of hydrogen-bond acceptors (Lipinski definition) is 3. The zero-order valence-electron chi connectivity index (χ0n) is 4.39. The average molecular weight is 102 g/mol. The van der Waals surface area contributed by atoms with Gasteiger partial charge in [0.05, 0.1) is 12.9 Å². The van der Waals surface area contributed by atoms with Gasteiger partial charge in [-0.05, 0) is 0 Å². The van der Waals surface area contributed by atoms with Gasteiger partial charge in [0.1, 0.15) is 0 Å². The first-order valence-corrected chi connectivity index (χ1v) is 2.16. The van der Waals surface area contributed by atoms with Crippen LogP contribution in [0.2, 0.25) is 0 Å². The third kappa shape index (κ3) is 3.26. The highest BCUT2D eigenvalue weighted by molar-refractivity contribution is 5.56. The van der Waals surface area contributed by atoms with E-state index in [9.17, 15) is 0 Å². The van der Waals surface area contributed by atoms with Gasteiger partial charge in [-0.3, -0.25) is 4.99 Å². The van der Waals surface area contributed by atoms with Crippen LogP contribution in [0.3, 0.4) is 0 Å². The summed E-state index contributed by atoms with van der Waals surface area (Å²) in [5, 5.41) is 9.93. The van der Waals surface area contributed by atoms with Crippen LogP contribution in [0.25, 0.3) is 0 Å². The van der Waals surface area contributed by atoms with Gasteiger partial charge in [0.25, 0.3) is 0 Å². The van der Waals surface area contributed by atoms with E-state index in [0.717, 1.165) is 20.2 Å². The van der Waals surface area contributed by atoms with Crippen LogP contribution in [0.5, 0.6) is 0 Å². The van der Waals surface area contributed by atoms with E-state index in [1.54, 1.807) is 6.34 Å². The maximum Gasteiger partial charge on any atom is 0.0825 e. The zero-order chi connectivity index (χ0) is 5.54. The molecule has 0 fully saturated rings. The number of aliphatic imine (C=N–C) groups is 1. The zero-order valence-corrected chi connectivity index (χ0v) is 4.39. The monoisotopic (exact) mass is 102 g/mol. The van der Waals surface area contributed by atoms with Crippen molar-refractivity contribution in [2.75, 3.05) is 20.2 Å². The molecule has 1 rings (SSSR count). The Balaban J connectivity index is 0.000000162. The molecule has 1 heterocycles. The summed E-state index contributed by atoms with van der Waals surface area (Å²) >= 11 is 0. The Bertz CT molecular complexity index is 47.7. The van der Waals surface area contributed by atoms with Crippen molar-refractivity contribution in [1.82, 2.24) is 5.32 Å². The van der Waals surface area contributed by atoms with Crippen LogP contribution in [0.1, 0.15) is 0 Å². The van der Waals surface area contributed by atoms with Crippen LogP contribution in [0.15, 0.2) is 4.99 Å². The van der Waals surface area contributed by atoms with Crippen LogP contribution in [0, 0.1) is 0 Å².